The van der Waals surface area contributed by atoms with Gasteiger partial charge in [-0.25, -0.2) is 0 Å². The molecule has 0 bridgehead atoms. The van der Waals surface area contributed by atoms with Crippen LogP contribution in [0.1, 0.15) is 15.9 Å². The van der Waals surface area contributed by atoms with Crippen LogP contribution in [0.4, 0.5) is 15.8 Å². The summed E-state index contributed by atoms with van der Waals surface area (Å²) in [6.07, 6.45) is -0.405. The number of amides is 2. The van der Waals surface area contributed by atoms with Gasteiger partial charge in [0.15, 0.2) is 0 Å². The van der Waals surface area contributed by atoms with Crippen LogP contribution in [-0.4, -0.2) is 30.4 Å². The number of methoxy groups -OCH3 is 1. The topological polar surface area (TPSA) is 111 Å². The van der Waals surface area contributed by atoms with E-state index in [0.717, 1.165) is 28.0 Å². The van der Waals surface area contributed by atoms with Crippen molar-refractivity contribution in [3.05, 3.63) is 56.0 Å². The highest BCUT2D eigenvalue weighted by atomic mass is 32.1. The van der Waals surface area contributed by atoms with Gasteiger partial charge in [-0.05, 0) is 31.2 Å². The van der Waals surface area contributed by atoms with E-state index in [-0.39, 0.29) is 12.2 Å². The van der Waals surface area contributed by atoms with Crippen molar-refractivity contribution in [2.75, 3.05) is 19.0 Å². The second kappa shape index (κ2) is 8.50. The molecular weight excluding hydrogens is 365 g/mol. The summed E-state index contributed by atoms with van der Waals surface area (Å²) in [5.74, 6) is -3.00. The van der Waals surface area contributed by atoms with Gasteiger partial charge in [-0.1, -0.05) is 0 Å². The molecule has 0 fully saturated rings. The number of carbonyl (C=O) groups is 2. The van der Waals surface area contributed by atoms with Crippen LogP contribution in [0.3, 0.4) is 0 Å². The number of nitro groups is 1. The average molecular weight is 381 g/mol. The molecule has 1 atom stereocenters. The fraction of sp³-hybridized carbons (Fsp3) is 0.250. The maximum atomic E-state index is 13.3. The first-order valence-electron chi connectivity index (χ1n) is 7.44. The first-order chi connectivity index (χ1) is 12.3. The van der Waals surface area contributed by atoms with E-state index in [0.29, 0.717) is 0 Å². The molecule has 26 heavy (non-hydrogen) atoms. The van der Waals surface area contributed by atoms with Crippen LogP contribution >= 0.6 is 11.3 Å². The Bertz CT molecular complexity index is 839. The summed E-state index contributed by atoms with van der Waals surface area (Å²) < 4.78 is 18.6. The van der Waals surface area contributed by atoms with Crippen molar-refractivity contribution in [3.8, 4) is 0 Å². The number of benzene rings is 1. The van der Waals surface area contributed by atoms with E-state index in [1.807, 2.05) is 19.1 Å². The van der Waals surface area contributed by atoms with Gasteiger partial charge < -0.3 is 15.4 Å². The Morgan fingerprint density at radius 2 is 2.04 bits per heavy atom. The van der Waals surface area contributed by atoms with Gasteiger partial charge in [0.05, 0.1) is 4.92 Å². The summed E-state index contributed by atoms with van der Waals surface area (Å²) >= 11 is 1.51. The number of carbonyl (C=O) groups excluding carboxylic acids is 2. The summed E-state index contributed by atoms with van der Waals surface area (Å²) in [6.45, 7) is 2.01. The summed E-state index contributed by atoms with van der Waals surface area (Å²) in [7, 11) is 1.49. The highest BCUT2D eigenvalue weighted by molar-refractivity contribution is 7.12. The molecule has 0 saturated heterocycles. The summed E-state index contributed by atoms with van der Waals surface area (Å²) in [6, 6.07) is 6.60. The molecule has 0 radical (unpaired) electrons. The lowest BCUT2D eigenvalue weighted by Gasteiger charge is -2.14. The van der Waals surface area contributed by atoms with E-state index in [4.69, 9.17) is 4.74 Å². The van der Waals surface area contributed by atoms with Crippen molar-refractivity contribution in [1.82, 2.24) is 5.32 Å². The molecule has 0 spiro atoms. The number of nitro benzene ring substituents is 1. The van der Waals surface area contributed by atoms with Crippen molar-refractivity contribution in [2.24, 2.45) is 0 Å². The van der Waals surface area contributed by atoms with Crippen molar-refractivity contribution < 1.29 is 23.6 Å². The normalized spacial score (nSPS) is 11.7. The first kappa shape index (κ1) is 19.5. The molecule has 0 aliphatic heterocycles. The summed E-state index contributed by atoms with van der Waals surface area (Å²) in [4.78, 5) is 35.6. The highest BCUT2D eigenvalue weighted by Crippen LogP contribution is 2.24. The van der Waals surface area contributed by atoms with Crippen LogP contribution in [0, 0.1) is 22.9 Å². The number of aryl methyl sites for hydroxylation is 1. The lowest BCUT2D eigenvalue weighted by molar-refractivity contribution is -0.387. The number of thiophene rings is 1. The van der Waals surface area contributed by atoms with Gasteiger partial charge in [-0.15, -0.1) is 11.3 Å². The van der Waals surface area contributed by atoms with Gasteiger partial charge in [-0.3, -0.25) is 19.7 Å². The Labute approximate surface area is 152 Å². The second-order valence-electron chi connectivity index (χ2n) is 5.26. The van der Waals surface area contributed by atoms with Gasteiger partial charge in [-0.2, -0.15) is 4.39 Å². The van der Waals surface area contributed by atoms with E-state index in [1.54, 1.807) is 0 Å². The number of halogens is 1. The third-order valence-electron chi connectivity index (χ3n) is 3.42. The number of nitrogens with one attached hydrogen (secondary N) is 2. The molecule has 2 rings (SSSR count). The quantitative estimate of drug-likeness (QED) is 0.454. The van der Waals surface area contributed by atoms with Crippen LogP contribution in [0.2, 0.25) is 0 Å². The Balaban J connectivity index is 1.96. The zero-order valence-electron chi connectivity index (χ0n) is 13.9. The zero-order chi connectivity index (χ0) is 19.3. The minimum absolute atomic E-state index is 0.0598. The number of hydrogen-bond donors (Lipinski definition) is 2. The lowest BCUT2D eigenvalue weighted by atomic mass is 10.2. The number of hydrogen-bond acceptors (Lipinski definition) is 6. The minimum atomic E-state index is -1.04. The average Bonchev–Trinajstić information content (AvgIpc) is 3.02. The molecule has 1 heterocycles. The van der Waals surface area contributed by atoms with Crippen molar-refractivity contribution in [2.45, 2.75) is 13.0 Å². The molecule has 1 aromatic carbocycles. The Kier molecular flexibility index (Phi) is 6.36. The second-order valence-corrected chi connectivity index (χ2v) is 6.58. The molecule has 10 heteroatoms. The van der Waals surface area contributed by atoms with Crippen LogP contribution in [0.25, 0.3) is 0 Å². The van der Waals surface area contributed by atoms with Gasteiger partial charge in [0, 0.05) is 35.2 Å². The number of rotatable bonds is 6. The van der Waals surface area contributed by atoms with Crippen molar-refractivity contribution >= 4 is 34.5 Å². The number of anilines is 1. The van der Waals surface area contributed by atoms with E-state index in [2.05, 4.69) is 10.6 Å². The summed E-state index contributed by atoms with van der Waals surface area (Å²) in [5.41, 5.74) is -0.855. The standard InChI is InChI=1S/C16H16FN3O5S/c1-9-3-6-14(26-9)13(25-2)8-18-15(21)16(22)19-10-4-5-11(17)12(7-10)20(23)24/h3-7,13H,8H2,1-2H3,(H,18,21)(H,19,22). The van der Waals surface area contributed by atoms with Gasteiger partial charge in [0.2, 0.25) is 5.82 Å². The number of ether oxygens (including phenoxy) is 1. The van der Waals surface area contributed by atoms with Crippen LogP contribution in [0.15, 0.2) is 30.3 Å². The maximum Gasteiger partial charge on any atom is 0.313 e. The van der Waals surface area contributed by atoms with Crippen LogP contribution in [0.5, 0.6) is 0 Å². The maximum absolute atomic E-state index is 13.3. The molecule has 2 aromatic rings. The van der Waals surface area contributed by atoms with E-state index in [1.165, 1.54) is 18.4 Å². The Hall–Kier alpha value is -2.85. The third kappa shape index (κ3) is 4.83. The van der Waals surface area contributed by atoms with Crippen LogP contribution in [-0.2, 0) is 14.3 Å². The van der Waals surface area contributed by atoms with E-state index < -0.39 is 34.3 Å². The molecule has 8 nitrogen and oxygen atoms in total. The molecule has 1 unspecified atom stereocenters. The molecule has 2 N–H and O–H groups in total. The Morgan fingerprint density at radius 3 is 2.62 bits per heavy atom. The molecule has 138 valence electrons. The van der Waals surface area contributed by atoms with Crippen LogP contribution < -0.4 is 10.6 Å². The third-order valence-corrected chi connectivity index (χ3v) is 4.51. The fourth-order valence-corrected chi connectivity index (χ4v) is 3.07. The predicted octanol–water partition coefficient (Wildman–Crippen LogP) is 2.55. The van der Waals surface area contributed by atoms with E-state index in [9.17, 15) is 24.1 Å². The molecule has 0 aliphatic carbocycles. The first-order valence-corrected chi connectivity index (χ1v) is 8.25. The van der Waals surface area contributed by atoms with Crippen molar-refractivity contribution in [3.63, 3.8) is 0 Å². The molecular formula is C16H16FN3O5S. The predicted molar refractivity (Wildman–Crippen MR) is 93.5 cm³/mol. The van der Waals surface area contributed by atoms with Gasteiger partial charge >= 0.3 is 17.5 Å². The molecule has 0 aliphatic rings. The molecule has 2 amide bonds. The SMILES string of the molecule is COC(CNC(=O)C(=O)Nc1ccc(F)c([N+](=O)[O-])c1)c1ccc(C)s1. The zero-order valence-corrected chi connectivity index (χ0v) is 14.8. The monoisotopic (exact) mass is 381 g/mol. The van der Waals surface area contributed by atoms with E-state index >= 15 is 0 Å². The van der Waals surface area contributed by atoms with Crippen molar-refractivity contribution in [1.29, 1.82) is 0 Å². The minimum Gasteiger partial charge on any atom is -0.374 e. The van der Waals surface area contributed by atoms with Gasteiger partial charge in [0.1, 0.15) is 6.10 Å². The smallest absolute Gasteiger partial charge is 0.313 e. The highest BCUT2D eigenvalue weighted by Gasteiger charge is 2.20. The lowest BCUT2D eigenvalue weighted by Crippen LogP contribution is -2.37. The molecule has 1 aromatic heterocycles. The Morgan fingerprint density at radius 1 is 1.31 bits per heavy atom. The fourth-order valence-electron chi connectivity index (χ4n) is 2.11. The number of nitrogens with zero attached hydrogens (tertiary/aromatic N) is 1. The van der Waals surface area contributed by atoms with Gasteiger partial charge in [0.25, 0.3) is 0 Å². The largest absolute Gasteiger partial charge is 0.374 e. The summed E-state index contributed by atoms with van der Waals surface area (Å²) in [5, 5.41) is 15.3. The molecule has 0 saturated carbocycles.